The molecule has 1 amide bonds. The third-order valence-electron chi connectivity index (χ3n) is 6.80. The van der Waals surface area contributed by atoms with Crippen LogP contribution in [0.1, 0.15) is 60.1 Å². The summed E-state index contributed by atoms with van der Waals surface area (Å²) >= 11 is 5.61. The van der Waals surface area contributed by atoms with E-state index in [1.807, 2.05) is 12.1 Å². The molecule has 0 aromatic heterocycles. The average Bonchev–Trinajstić information content (AvgIpc) is 2.95. The maximum Gasteiger partial charge on any atom is 0.257 e. The highest BCUT2D eigenvalue weighted by Gasteiger charge is 2.27. The van der Waals surface area contributed by atoms with Crippen LogP contribution in [0.4, 0.5) is 0 Å². The Hall–Kier alpha value is -3.22. The molecule has 1 saturated heterocycles. The minimum absolute atomic E-state index is 0.187. The summed E-state index contributed by atoms with van der Waals surface area (Å²) in [5.41, 5.74) is 3.14. The first-order chi connectivity index (χ1) is 18.2. The smallest absolute Gasteiger partial charge is 0.257 e. The van der Waals surface area contributed by atoms with Gasteiger partial charge in [0.05, 0.1) is 12.6 Å². The Kier molecular flexibility index (Phi) is 10.1. The van der Waals surface area contributed by atoms with E-state index in [9.17, 15) is 4.79 Å². The van der Waals surface area contributed by atoms with E-state index >= 15 is 0 Å². The molecule has 6 heteroatoms. The lowest BCUT2D eigenvalue weighted by molar-refractivity contribution is 0.0967. The van der Waals surface area contributed by atoms with E-state index in [0.29, 0.717) is 17.3 Å². The molecule has 0 unspecified atom stereocenters. The van der Waals surface area contributed by atoms with Crippen LogP contribution in [0.25, 0.3) is 0 Å². The molecule has 0 atom stereocenters. The van der Waals surface area contributed by atoms with E-state index in [-0.39, 0.29) is 11.9 Å². The lowest BCUT2D eigenvalue weighted by atomic mass is 9.96. The normalized spacial score (nSPS) is 13.9. The van der Waals surface area contributed by atoms with Gasteiger partial charge in [-0.15, -0.1) is 0 Å². The summed E-state index contributed by atoms with van der Waals surface area (Å²) < 4.78 is 5.79. The molecular weight excluding hydrogens is 478 g/mol. The summed E-state index contributed by atoms with van der Waals surface area (Å²) in [4.78, 5) is 17.4. The van der Waals surface area contributed by atoms with Crippen molar-refractivity contribution < 1.29 is 9.53 Å². The van der Waals surface area contributed by atoms with Crippen LogP contribution in [0.3, 0.4) is 0 Å². The number of carbonyl (C=O) groups excluding carboxylic acids is 1. The van der Waals surface area contributed by atoms with Gasteiger partial charge in [-0.3, -0.25) is 15.0 Å². The van der Waals surface area contributed by atoms with Crippen molar-refractivity contribution in [3.05, 3.63) is 102 Å². The third-order valence-corrected chi connectivity index (χ3v) is 7.16. The second-order valence-corrected chi connectivity index (χ2v) is 9.83. The summed E-state index contributed by atoms with van der Waals surface area (Å²) in [5.74, 6) is 0.603. The maximum atomic E-state index is 12.8. The average molecular weight is 516 g/mol. The summed E-state index contributed by atoms with van der Waals surface area (Å²) in [7, 11) is 0. The number of nitrogens with one attached hydrogen (secondary N) is 1. The van der Waals surface area contributed by atoms with Gasteiger partial charge < -0.3 is 9.64 Å². The molecule has 3 aromatic rings. The van der Waals surface area contributed by atoms with E-state index < -0.39 is 0 Å². The van der Waals surface area contributed by atoms with E-state index in [1.54, 1.807) is 12.1 Å². The SMILES string of the molecule is CCCCCCOc1ccc(C(=O)NC(=S)N2CCN(C(c3ccccc3)c3ccccc3)CC2)cc1. The summed E-state index contributed by atoms with van der Waals surface area (Å²) in [6.07, 6.45) is 4.68. The summed E-state index contributed by atoms with van der Waals surface area (Å²) in [6.45, 7) is 6.14. The molecule has 37 heavy (non-hydrogen) atoms. The van der Waals surface area contributed by atoms with Gasteiger partial charge in [0.2, 0.25) is 0 Å². The molecule has 1 aliphatic rings. The number of benzene rings is 3. The van der Waals surface area contributed by atoms with Gasteiger partial charge in [0, 0.05) is 31.7 Å². The fourth-order valence-electron chi connectivity index (χ4n) is 4.74. The second-order valence-electron chi connectivity index (χ2n) is 9.44. The highest BCUT2D eigenvalue weighted by atomic mass is 32.1. The van der Waals surface area contributed by atoms with Crippen LogP contribution in [0, 0.1) is 0 Å². The molecule has 0 spiro atoms. The molecule has 5 nitrogen and oxygen atoms in total. The predicted octanol–water partition coefficient (Wildman–Crippen LogP) is 6.07. The molecule has 0 bridgehead atoms. The number of hydrogen-bond acceptors (Lipinski definition) is 4. The number of hydrogen-bond donors (Lipinski definition) is 1. The van der Waals surface area contributed by atoms with Crippen LogP contribution in [-0.2, 0) is 0 Å². The standard InChI is InChI=1S/C31H37N3O2S/c1-2-3-4-11-24-36-28-18-16-27(17-19-28)30(35)32-31(37)34-22-20-33(21-23-34)29(25-12-7-5-8-13-25)26-14-9-6-10-15-26/h5-10,12-19,29H,2-4,11,20-24H2,1H3,(H,32,35,37). The fraction of sp³-hybridized carbons (Fsp3) is 0.355. The van der Waals surface area contributed by atoms with Crippen LogP contribution in [0.15, 0.2) is 84.9 Å². The van der Waals surface area contributed by atoms with Crippen molar-refractivity contribution >= 4 is 23.2 Å². The predicted molar refractivity (Wildman–Crippen MR) is 154 cm³/mol. The molecular formula is C31H37N3O2S. The van der Waals surface area contributed by atoms with Crippen molar-refractivity contribution in [1.29, 1.82) is 0 Å². The molecule has 0 saturated carbocycles. The van der Waals surface area contributed by atoms with Crippen molar-refractivity contribution in [3.8, 4) is 5.75 Å². The van der Waals surface area contributed by atoms with Crippen molar-refractivity contribution in [1.82, 2.24) is 15.1 Å². The molecule has 3 aromatic carbocycles. The molecule has 0 aliphatic carbocycles. The Morgan fingerprint density at radius 1 is 0.838 bits per heavy atom. The van der Waals surface area contributed by atoms with Gasteiger partial charge >= 0.3 is 0 Å². The minimum atomic E-state index is -0.187. The number of amides is 1. The van der Waals surface area contributed by atoms with Gasteiger partial charge in [-0.05, 0) is 54.0 Å². The Morgan fingerprint density at radius 2 is 1.43 bits per heavy atom. The Morgan fingerprint density at radius 3 is 2.00 bits per heavy atom. The lowest BCUT2D eigenvalue weighted by Crippen LogP contribution is -2.53. The van der Waals surface area contributed by atoms with Crippen molar-refractivity contribution in [2.45, 2.75) is 38.6 Å². The number of unbranched alkanes of at least 4 members (excludes halogenated alkanes) is 3. The highest BCUT2D eigenvalue weighted by Crippen LogP contribution is 2.29. The summed E-state index contributed by atoms with van der Waals surface area (Å²) in [6, 6.07) is 28.7. The molecule has 1 fully saturated rings. The Bertz CT molecular complexity index is 1070. The zero-order valence-corrected chi connectivity index (χ0v) is 22.5. The van der Waals surface area contributed by atoms with Crippen LogP contribution >= 0.6 is 12.2 Å². The molecule has 0 radical (unpaired) electrons. The van der Waals surface area contributed by atoms with E-state index in [0.717, 1.165) is 38.3 Å². The van der Waals surface area contributed by atoms with Gasteiger partial charge in [0.15, 0.2) is 5.11 Å². The lowest BCUT2D eigenvalue weighted by Gasteiger charge is -2.40. The number of rotatable bonds is 10. The zero-order chi connectivity index (χ0) is 25.9. The second kappa shape index (κ2) is 13.9. The van der Waals surface area contributed by atoms with Crippen molar-refractivity contribution in [2.75, 3.05) is 32.8 Å². The minimum Gasteiger partial charge on any atom is -0.494 e. The number of thiocarbonyl (C=S) groups is 1. The molecule has 194 valence electrons. The number of carbonyl (C=O) groups is 1. The number of piperazine rings is 1. The summed E-state index contributed by atoms with van der Waals surface area (Å²) in [5, 5.41) is 3.40. The Labute approximate surface area is 226 Å². The first-order valence-corrected chi connectivity index (χ1v) is 13.7. The highest BCUT2D eigenvalue weighted by molar-refractivity contribution is 7.80. The van der Waals surface area contributed by atoms with Crippen LogP contribution in [-0.4, -0.2) is 53.6 Å². The number of ether oxygens (including phenoxy) is 1. The van der Waals surface area contributed by atoms with Gasteiger partial charge in [0.25, 0.3) is 5.91 Å². The monoisotopic (exact) mass is 515 g/mol. The molecule has 1 N–H and O–H groups in total. The first-order valence-electron chi connectivity index (χ1n) is 13.3. The third kappa shape index (κ3) is 7.63. The van der Waals surface area contributed by atoms with Crippen molar-refractivity contribution in [3.63, 3.8) is 0 Å². The van der Waals surface area contributed by atoms with Gasteiger partial charge in [-0.25, -0.2) is 0 Å². The van der Waals surface area contributed by atoms with Crippen molar-refractivity contribution in [2.24, 2.45) is 0 Å². The molecule has 1 aliphatic heterocycles. The maximum absolute atomic E-state index is 12.8. The molecule has 1 heterocycles. The molecule has 4 rings (SSSR count). The zero-order valence-electron chi connectivity index (χ0n) is 21.6. The van der Waals surface area contributed by atoms with Crippen LogP contribution < -0.4 is 10.1 Å². The van der Waals surface area contributed by atoms with Gasteiger partial charge in [-0.1, -0.05) is 86.8 Å². The largest absolute Gasteiger partial charge is 0.494 e. The quantitative estimate of drug-likeness (QED) is 0.262. The van der Waals surface area contributed by atoms with Crippen LogP contribution in [0.2, 0.25) is 0 Å². The fourth-order valence-corrected chi connectivity index (χ4v) is 5.01. The van der Waals surface area contributed by atoms with Gasteiger partial charge in [0.1, 0.15) is 5.75 Å². The van der Waals surface area contributed by atoms with E-state index in [1.165, 1.54) is 30.4 Å². The van der Waals surface area contributed by atoms with Crippen LogP contribution in [0.5, 0.6) is 5.75 Å². The first kappa shape index (κ1) is 26.8. The Balaban J connectivity index is 1.29. The van der Waals surface area contributed by atoms with E-state index in [4.69, 9.17) is 17.0 Å². The van der Waals surface area contributed by atoms with E-state index in [2.05, 4.69) is 82.7 Å². The number of nitrogens with zero attached hydrogens (tertiary/aromatic N) is 2. The topological polar surface area (TPSA) is 44.8 Å². The van der Waals surface area contributed by atoms with Gasteiger partial charge in [-0.2, -0.15) is 0 Å².